The first kappa shape index (κ1) is 29.0. The zero-order valence-electron chi connectivity index (χ0n) is 23.4. The van der Waals surface area contributed by atoms with E-state index in [-0.39, 0.29) is 42.7 Å². The Morgan fingerprint density at radius 2 is 1.90 bits per heavy atom. The number of nitrogens with one attached hydrogen (secondary N) is 1. The van der Waals surface area contributed by atoms with Crippen molar-refractivity contribution in [2.45, 2.75) is 32.2 Å². The molecule has 3 aromatic rings. The first-order valence-corrected chi connectivity index (χ1v) is 13.2. The fourth-order valence-corrected chi connectivity index (χ4v) is 4.95. The van der Waals surface area contributed by atoms with Crippen molar-refractivity contribution in [2.75, 3.05) is 65.2 Å². The Balaban J connectivity index is 1.38. The van der Waals surface area contributed by atoms with Crippen LogP contribution in [0, 0.1) is 5.92 Å². The van der Waals surface area contributed by atoms with Crippen LogP contribution in [-0.4, -0.2) is 90.5 Å². The molecule has 1 aliphatic rings. The molecule has 1 aromatic carbocycles. The van der Waals surface area contributed by atoms with Crippen LogP contribution >= 0.6 is 0 Å². The van der Waals surface area contributed by atoms with E-state index in [0.29, 0.717) is 42.0 Å². The van der Waals surface area contributed by atoms with E-state index in [9.17, 15) is 9.59 Å². The van der Waals surface area contributed by atoms with Gasteiger partial charge in [0.1, 0.15) is 6.61 Å². The van der Waals surface area contributed by atoms with Crippen LogP contribution in [0.4, 0.5) is 11.5 Å². The highest BCUT2D eigenvalue weighted by atomic mass is 16.5. The van der Waals surface area contributed by atoms with Crippen LogP contribution in [0.25, 0.3) is 11.2 Å². The molecule has 1 saturated heterocycles. The summed E-state index contributed by atoms with van der Waals surface area (Å²) in [5, 5.41) is 2.93. The van der Waals surface area contributed by atoms with Crippen LogP contribution < -0.4 is 20.5 Å². The lowest BCUT2D eigenvalue weighted by atomic mass is 9.90. The van der Waals surface area contributed by atoms with Crippen LogP contribution in [0.15, 0.2) is 24.3 Å². The van der Waals surface area contributed by atoms with Crippen molar-refractivity contribution in [3.05, 3.63) is 29.8 Å². The molecule has 40 heavy (non-hydrogen) atoms. The summed E-state index contributed by atoms with van der Waals surface area (Å²) in [6.45, 7) is 4.63. The maximum Gasteiger partial charge on any atom is 0.320 e. The van der Waals surface area contributed by atoms with Crippen molar-refractivity contribution in [3.8, 4) is 12.0 Å². The normalized spacial score (nSPS) is 15.1. The van der Waals surface area contributed by atoms with E-state index in [1.165, 1.54) is 7.11 Å². The number of piperidine rings is 1. The lowest BCUT2D eigenvalue weighted by Gasteiger charge is -2.35. The predicted octanol–water partition coefficient (Wildman–Crippen LogP) is 2.07. The summed E-state index contributed by atoms with van der Waals surface area (Å²) in [5.74, 6) is 0.0961. The van der Waals surface area contributed by atoms with E-state index in [1.807, 2.05) is 16.7 Å². The minimum Gasteiger partial charge on any atom is -0.469 e. The molecule has 3 N–H and O–H groups in total. The molecule has 3 heterocycles. The van der Waals surface area contributed by atoms with Gasteiger partial charge in [0, 0.05) is 18.8 Å². The van der Waals surface area contributed by atoms with Crippen molar-refractivity contribution in [2.24, 2.45) is 5.92 Å². The number of anilines is 2. The second kappa shape index (κ2) is 13.4. The minimum absolute atomic E-state index is 0.00889. The van der Waals surface area contributed by atoms with E-state index in [4.69, 9.17) is 24.7 Å². The Bertz CT molecular complexity index is 1320. The molecule has 1 fully saturated rings. The average Bonchev–Trinajstić information content (AvgIpc) is 3.32. The first-order chi connectivity index (χ1) is 19.3. The van der Waals surface area contributed by atoms with Gasteiger partial charge in [-0.25, -0.2) is 0 Å². The molecule has 1 aliphatic heterocycles. The highest BCUT2D eigenvalue weighted by molar-refractivity contribution is 5.92. The van der Waals surface area contributed by atoms with Gasteiger partial charge in [-0.2, -0.15) is 15.0 Å². The number of hydrogen-bond donors (Lipinski definition) is 2. The smallest absolute Gasteiger partial charge is 0.320 e. The van der Waals surface area contributed by atoms with E-state index in [0.717, 1.165) is 31.5 Å². The lowest BCUT2D eigenvalue weighted by Crippen LogP contribution is -2.40. The van der Waals surface area contributed by atoms with Gasteiger partial charge in [0.25, 0.3) is 6.01 Å². The molecule has 13 heteroatoms. The number of imidazole rings is 1. The van der Waals surface area contributed by atoms with Crippen molar-refractivity contribution in [1.29, 1.82) is 0 Å². The number of ether oxygens (including phenoxy) is 4. The number of carbonyl (C=O) groups excluding carboxylic acids is 2. The summed E-state index contributed by atoms with van der Waals surface area (Å²) >= 11 is 0. The Morgan fingerprint density at radius 3 is 2.60 bits per heavy atom. The molecule has 4 rings (SSSR count). The maximum absolute atomic E-state index is 12.7. The van der Waals surface area contributed by atoms with Gasteiger partial charge in [-0.1, -0.05) is 12.1 Å². The van der Waals surface area contributed by atoms with Crippen LogP contribution in [0.5, 0.6) is 12.0 Å². The molecule has 0 saturated carbocycles. The minimum atomic E-state index is -0.325. The van der Waals surface area contributed by atoms with Crippen LogP contribution in [0.1, 0.15) is 31.4 Å². The Labute approximate surface area is 233 Å². The molecule has 2 aromatic heterocycles. The van der Waals surface area contributed by atoms with Crippen molar-refractivity contribution >= 4 is 34.5 Å². The van der Waals surface area contributed by atoms with Gasteiger partial charge in [0.2, 0.25) is 5.91 Å². The molecule has 216 valence electrons. The average molecular weight is 556 g/mol. The third-order valence-corrected chi connectivity index (χ3v) is 7.09. The molecule has 0 radical (unpaired) electrons. The summed E-state index contributed by atoms with van der Waals surface area (Å²) < 4.78 is 22.9. The number of carbonyl (C=O) groups is 2. The quantitative estimate of drug-likeness (QED) is 0.249. The summed E-state index contributed by atoms with van der Waals surface area (Å²) in [6.07, 6.45) is 1.91. The van der Waals surface area contributed by atoms with E-state index in [1.54, 1.807) is 26.4 Å². The molecular weight excluding hydrogens is 518 g/mol. The van der Waals surface area contributed by atoms with Crippen molar-refractivity contribution < 1.29 is 28.5 Å². The number of likely N-dealkylation sites (tertiary alicyclic amines) is 1. The standard InChI is InChI=1S/C27H37N7O6/c1-17(34-25-23(30-27(34)39-4)24(28)31-26(32-25)40-13-12-37-2)19-8-10-33(11-9-19)16-21(35)29-20-7-5-6-18(14-20)15-22(36)38-3/h5-7,14,17,19H,8-13,15-16H2,1-4H3,(H,29,35)(H2,28,31,32). The van der Waals surface area contributed by atoms with Crippen LogP contribution in [0.3, 0.4) is 0 Å². The number of fused-ring (bicyclic) bond motifs is 1. The molecule has 0 aliphatic carbocycles. The largest absolute Gasteiger partial charge is 0.469 e. The zero-order valence-corrected chi connectivity index (χ0v) is 23.4. The fourth-order valence-electron chi connectivity index (χ4n) is 4.95. The number of rotatable bonds is 12. The summed E-state index contributed by atoms with van der Waals surface area (Å²) in [4.78, 5) is 39.8. The van der Waals surface area contributed by atoms with Crippen LogP contribution in [0.2, 0.25) is 0 Å². The lowest BCUT2D eigenvalue weighted by molar-refractivity contribution is -0.139. The Hall–Kier alpha value is -3.97. The van der Waals surface area contributed by atoms with Gasteiger partial charge >= 0.3 is 12.0 Å². The number of nitrogens with two attached hydrogens (primary N) is 1. The van der Waals surface area contributed by atoms with Gasteiger partial charge in [0.05, 0.1) is 33.8 Å². The number of benzene rings is 1. The molecule has 0 spiro atoms. The third-order valence-electron chi connectivity index (χ3n) is 7.09. The summed E-state index contributed by atoms with van der Waals surface area (Å²) in [5.41, 5.74) is 8.63. The van der Waals surface area contributed by atoms with Gasteiger partial charge in [-0.05, 0) is 56.5 Å². The van der Waals surface area contributed by atoms with Gasteiger partial charge in [-0.3, -0.25) is 19.1 Å². The number of nitrogen functional groups attached to an aromatic ring is 1. The summed E-state index contributed by atoms with van der Waals surface area (Å²) in [7, 11) is 4.51. The number of amides is 1. The number of esters is 1. The molecular formula is C27H37N7O6. The second-order valence-corrected chi connectivity index (χ2v) is 9.73. The maximum atomic E-state index is 12.7. The zero-order chi connectivity index (χ0) is 28.6. The monoisotopic (exact) mass is 555 g/mol. The Kier molecular flexibility index (Phi) is 9.72. The van der Waals surface area contributed by atoms with Gasteiger partial charge in [0.15, 0.2) is 17.0 Å². The van der Waals surface area contributed by atoms with Gasteiger partial charge in [-0.15, -0.1) is 0 Å². The SMILES string of the molecule is COCCOc1nc(N)c2nc(OC)n(C(C)C3CCN(CC(=O)Nc4cccc(CC(=O)OC)c4)CC3)c2n1. The van der Waals surface area contributed by atoms with E-state index >= 15 is 0 Å². The van der Waals surface area contributed by atoms with Gasteiger partial charge < -0.3 is 30.0 Å². The second-order valence-electron chi connectivity index (χ2n) is 9.73. The third kappa shape index (κ3) is 6.96. The number of hydrogen-bond acceptors (Lipinski definition) is 11. The Morgan fingerprint density at radius 1 is 1.12 bits per heavy atom. The van der Waals surface area contributed by atoms with Crippen molar-refractivity contribution in [1.82, 2.24) is 24.4 Å². The van der Waals surface area contributed by atoms with E-state index in [2.05, 4.69) is 32.1 Å². The number of methoxy groups -OCH3 is 3. The topological polar surface area (TPSA) is 156 Å². The first-order valence-electron chi connectivity index (χ1n) is 13.2. The van der Waals surface area contributed by atoms with Crippen molar-refractivity contribution in [3.63, 3.8) is 0 Å². The molecule has 13 nitrogen and oxygen atoms in total. The van der Waals surface area contributed by atoms with Crippen LogP contribution in [-0.2, 0) is 25.5 Å². The number of nitrogens with zero attached hydrogens (tertiary/aromatic N) is 5. The number of aromatic nitrogens is 4. The highest BCUT2D eigenvalue weighted by Crippen LogP contribution is 2.35. The molecule has 1 amide bonds. The fraction of sp³-hybridized carbons (Fsp3) is 0.519. The molecule has 1 atom stereocenters. The highest BCUT2D eigenvalue weighted by Gasteiger charge is 2.30. The molecule has 1 unspecified atom stereocenters. The van der Waals surface area contributed by atoms with E-state index < -0.39 is 0 Å². The molecule has 0 bridgehead atoms. The summed E-state index contributed by atoms with van der Waals surface area (Å²) in [6, 6.07) is 7.81. The predicted molar refractivity (Wildman–Crippen MR) is 148 cm³/mol.